The molecule has 1 fully saturated rings. The Morgan fingerprint density at radius 1 is 1.75 bits per heavy atom. The van der Waals surface area contributed by atoms with Crippen molar-refractivity contribution in [1.82, 2.24) is 0 Å². The van der Waals surface area contributed by atoms with Crippen molar-refractivity contribution in [2.75, 3.05) is 13.2 Å². The Labute approximate surface area is 47.6 Å². The minimum atomic E-state index is -0.261. The molecule has 0 N–H and O–H groups in total. The van der Waals surface area contributed by atoms with Crippen LogP contribution in [0.4, 0.5) is 0 Å². The minimum Gasteiger partial charge on any atom is -0.461 e. The maximum absolute atomic E-state index is 10.3. The molecule has 1 rings (SSSR count). The van der Waals surface area contributed by atoms with Gasteiger partial charge in [-0.3, -0.25) is 0 Å². The molecule has 0 aromatic rings. The predicted molar refractivity (Wildman–Crippen MR) is 26.4 cm³/mol. The Hall–Kier alpha value is -0.570. The molecule has 0 saturated carbocycles. The highest BCUT2D eigenvalue weighted by atomic mass is 16.6. The molecule has 1 atom stereocenters. The first-order valence-electron chi connectivity index (χ1n) is 2.56. The lowest BCUT2D eigenvalue weighted by atomic mass is 10.4. The van der Waals surface area contributed by atoms with Crippen LogP contribution < -0.4 is 0 Å². The van der Waals surface area contributed by atoms with E-state index in [0.717, 1.165) is 0 Å². The van der Waals surface area contributed by atoms with E-state index in [0.29, 0.717) is 6.61 Å². The third-order valence-electron chi connectivity index (χ3n) is 0.965. The number of hydrogen-bond donors (Lipinski definition) is 0. The number of rotatable bonds is 0. The first-order valence-corrected chi connectivity index (χ1v) is 2.56. The predicted octanol–water partition coefficient (Wildman–Crippen LogP) is -0.0517. The summed E-state index contributed by atoms with van der Waals surface area (Å²) in [5, 5.41) is 0. The number of ether oxygens (including phenoxy) is 2. The second kappa shape index (κ2) is 2.13. The molecule has 0 aromatic carbocycles. The summed E-state index contributed by atoms with van der Waals surface area (Å²) in [6.07, 6.45) is 0.0766. The Balaban J connectivity index is 2.29. The van der Waals surface area contributed by atoms with Gasteiger partial charge in [0.2, 0.25) is 0 Å². The van der Waals surface area contributed by atoms with Crippen LogP contribution in [-0.4, -0.2) is 25.3 Å². The summed E-state index contributed by atoms with van der Waals surface area (Å²) in [6, 6.07) is 0. The Bertz CT molecular complexity index is 89.8. The first kappa shape index (κ1) is 5.56. The second-order valence-electron chi connectivity index (χ2n) is 1.80. The van der Waals surface area contributed by atoms with Crippen LogP contribution in [0.3, 0.4) is 0 Å². The van der Waals surface area contributed by atoms with Crippen LogP contribution in [0, 0.1) is 0 Å². The van der Waals surface area contributed by atoms with Crippen molar-refractivity contribution in [2.45, 2.75) is 13.0 Å². The molecule has 8 heavy (non-hydrogen) atoms. The van der Waals surface area contributed by atoms with Gasteiger partial charge in [0.15, 0.2) is 0 Å². The van der Waals surface area contributed by atoms with Crippen LogP contribution in [0.25, 0.3) is 0 Å². The maximum Gasteiger partial charge on any atom is 0.332 e. The van der Waals surface area contributed by atoms with Crippen LogP contribution in [0.5, 0.6) is 0 Å². The molecule has 1 saturated heterocycles. The molecule has 1 aliphatic rings. The van der Waals surface area contributed by atoms with Crippen molar-refractivity contribution in [3.05, 3.63) is 0 Å². The van der Waals surface area contributed by atoms with E-state index in [1.807, 2.05) is 6.92 Å². The summed E-state index contributed by atoms with van der Waals surface area (Å²) in [5.74, 6) is -0.261. The van der Waals surface area contributed by atoms with Gasteiger partial charge >= 0.3 is 5.97 Å². The van der Waals surface area contributed by atoms with E-state index in [9.17, 15) is 4.79 Å². The average molecular weight is 116 g/mol. The van der Waals surface area contributed by atoms with Gasteiger partial charge in [-0.1, -0.05) is 0 Å². The van der Waals surface area contributed by atoms with Crippen LogP contribution in [0.1, 0.15) is 6.92 Å². The van der Waals surface area contributed by atoms with E-state index in [-0.39, 0.29) is 18.7 Å². The lowest BCUT2D eigenvalue weighted by Crippen LogP contribution is -2.29. The zero-order valence-electron chi connectivity index (χ0n) is 4.72. The average Bonchev–Trinajstić information content (AvgIpc) is 1.77. The lowest BCUT2D eigenvalue weighted by Gasteiger charge is -2.17. The number of esters is 1. The van der Waals surface area contributed by atoms with E-state index < -0.39 is 0 Å². The van der Waals surface area contributed by atoms with Crippen LogP contribution in [-0.2, 0) is 14.3 Å². The first-order chi connectivity index (χ1) is 3.79. The molecule has 46 valence electrons. The molecule has 0 amide bonds. The maximum atomic E-state index is 10.3. The number of carbonyl (C=O) groups is 1. The van der Waals surface area contributed by atoms with Crippen LogP contribution >= 0.6 is 0 Å². The van der Waals surface area contributed by atoms with Gasteiger partial charge in [-0.05, 0) is 6.92 Å². The third kappa shape index (κ3) is 1.20. The van der Waals surface area contributed by atoms with E-state index in [2.05, 4.69) is 4.74 Å². The molecule has 0 aromatic heterocycles. The quantitative estimate of drug-likeness (QED) is 0.416. The van der Waals surface area contributed by atoms with Crippen molar-refractivity contribution in [1.29, 1.82) is 0 Å². The zero-order chi connectivity index (χ0) is 5.98. The fourth-order valence-corrected chi connectivity index (χ4v) is 0.510. The summed E-state index contributed by atoms with van der Waals surface area (Å²) in [4.78, 5) is 10.3. The van der Waals surface area contributed by atoms with E-state index in [4.69, 9.17) is 4.74 Å². The fraction of sp³-hybridized carbons (Fsp3) is 0.800. The largest absolute Gasteiger partial charge is 0.461 e. The van der Waals surface area contributed by atoms with Crippen LogP contribution in [0.15, 0.2) is 0 Å². The minimum absolute atomic E-state index is 0.0766. The van der Waals surface area contributed by atoms with Crippen LogP contribution in [0.2, 0.25) is 0 Å². The summed E-state index contributed by atoms with van der Waals surface area (Å²) in [7, 11) is 0. The van der Waals surface area contributed by atoms with Crippen molar-refractivity contribution < 1.29 is 14.3 Å². The normalized spacial score (nSPS) is 29.6. The van der Waals surface area contributed by atoms with Gasteiger partial charge in [-0.15, -0.1) is 0 Å². The van der Waals surface area contributed by atoms with Gasteiger partial charge in [0, 0.05) is 0 Å². The molecule has 0 radical (unpaired) electrons. The third-order valence-corrected chi connectivity index (χ3v) is 0.965. The molecule has 3 heteroatoms. The van der Waals surface area contributed by atoms with E-state index in [1.54, 1.807) is 0 Å². The Morgan fingerprint density at radius 2 is 2.50 bits per heavy atom. The highest BCUT2D eigenvalue weighted by molar-refractivity contribution is 5.71. The summed E-state index contributed by atoms with van der Waals surface area (Å²) >= 11 is 0. The molecule has 0 spiro atoms. The second-order valence-corrected chi connectivity index (χ2v) is 1.80. The van der Waals surface area contributed by atoms with Gasteiger partial charge in [0.25, 0.3) is 0 Å². The molecule has 1 unspecified atom stereocenters. The standard InChI is InChI=1S/C5H8O3/c1-4-2-8-5(6)3-7-4/h4H,2-3H2,1H3. The van der Waals surface area contributed by atoms with Gasteiger partial charge in [-0.2, -0.15) is 0 Å². The van der Waals surface area contributed by atoms with Crippen molar-refractivity contribution >= 4 is 5.97 Å². The molecule has 0 bridgehead atoms. The number of hydrogen-bond acceptors (Lipinski definition) is 3. The summed E-state index contributed by atoms with van der Waals surface area (Å²) in [5.41, 5.74) is 0. The monoisotopic (exact) mass is 116 g/mol. The van der Waals surface area contributed by atoms with E-state index >= 15 is 0 Å². The zero-order valence-corrected chi connectivity index (χ0v) is 4.72. The SMILES string of the molecule is CC1COC(=O)CO1. The Morgan fingerprint density at radius 3 is 2.88 bits per heavy atom. The highest BCUT2D eigenvalue weighted by Gasteiger charge is 2.14. The van der Waals surface area contributed by atoms with Crippen molar-refractivity contribution in [3.63, 3.8) is 0 Å². The van der Waals surface area contributed by atoms with Crippen molar-refractivity contribution in [3.8, 4) is 0 Å². The highest BCUT2D eigenvalue weighted by Crippen LogP contribution is 1.98. The van der Waals surface area contributed by atoms with E-state index in [1.165, 1.54) is 0 Å². The fourth-order valence-electron chi connectivity index (χ4n) is 0.510. The lowest BCUT2D eigenvalue weighted by molar-refractivity contribution is -0.166. The van der Waals surface area contributed by atoms with Gasteiger partial charge in [-0.25, -0.2) is 4.79 Å². The molecule has 0 aliphatic carbocycles. The molecule has 1 aliphatic heterocycles. The molecular weight excluding hydrogens is 108 g/mol. The van der Waals surface area contributed by atoms with Crippen molar-refractivity contribution in [2.24, 2.45) is 0 Å². The number of carbonyl (C=O) groups excluding carboxylic acids is 1. The Kier molecular flexibility index (Phi) is 1.48. The molecular formula is C5H8O3. The van der Waals surface area contributed by atoms with Gasteiger partial charge in [0.05, 0.1) is 6.10 Å². The van der Waals surface area contributed by atoms with Gasteiger partial charge in [0.1, 0.15) is 13.2 Å². The molecule has 1 heterocycles. The topological polar surface area (TPSA) is 35.5 Å². The molecule has 3 nitrogen and oxygen atoms in total. The summed E-state index contributed by atoms with van der Waals surface area (Å²) < 4.78 is 9.54. The number of cyclic esters (lactones) is 1. The summed E-state index contributed by atoms with van der Waals surface area (Å²) in [6.45, 7) is 2.38. The van der Waals surface area contributed by atoms with Gasteiger partial charge < -0.3 is 9.47 Å². The smallest absolute Gasteiger partial charge is 0.332 e.